The number of carbonyl (C=O) groups excluding carboxylic acids is 1. The molecule has 32 heavy (non-hydrogen) atoms. The van der Waals surface area contributed by atoms with Crippen LogP contribution in [0.1, 0.15) is 48.7 Å². The fourth-order valence-corrected chi connectivity index (χ4v) is 3.86. The molecule has 1 N–H and O–H groups in total. The number of thiazole rings is 1. The number of halogens is 3. The van der Waals surface area contributed by atoms with E-state index >= 15 is 0 Å². The van der Waals surface area contributed by atoms with E-state index < -0.39 is 6.43 Å². The molecule has 0 unspecified atom stereocenters. The fourth-order valence-electron chi connectivity index (χ4n) is 2.94. The fraction of sp³-hybridized carbons (Fsp3) is 0.304. The molecule has 0 saturated carbocycles. The zero-order valence-electron chi connectivity index (χ0n) is 17.8. The van der Waals surface area contributed by atoms with Gasteiger partial charge in [0.05, 0.1) is 12.2 Å². The maximum Gasteiger partial charge on any atom is 0.275 e. The Morgan fingerprint density at radius 3 is 2.66 bits per heavy atom. The van der Waals surface area contributed by atoms with E-state index in [0.29, 0.717) is 28.1 Å². The maximum atomic E-state index is 13.6. The van der Waals surface area contributed by atoms with Crippen LogP contribution in [0.25, 0.3) is 0 Å². The molecule has 0 bridgehead atoms. The van der Waals surface area contributed by atoms with Crippen LogP contribution in [0, 0.1) is 0 Å². The number of anilines is 3. The topological polar surface area (TPSA) is 54.5 Å². The van der Waals surface area contributed by atoms with Crippen LogP contribution in [0.5, 0.6) is 5.75 Å². The minimum Gasteiger partial charge on any atom is -0.493 e. The summed E-state index contributed by atoms with van der Waals surface area (Å²) in [6.07, 6.45) is 0.174. The number of ether oxygens (including phenoxy) is 1. The Bertz CT molecular complexity index is 1040. The molecule has 0 radical (unpaired) electrons. The SMILES string of the molecule is CCCCCOc1ccc(N(C)c2nc(C(=O)Nc3ccc(Cl)cc3)cs2)cc1C(F)F. The lowest BCUT2D eigenvalue weighted by molar-refractivity contribution is 0.102. The molecule has 5 nitrogen and oxygen atoms in total. The van der Waals surface area contributed by atoms with Crippen LogP contribution in [0.15, 0.2) is 47.8 Å². The van der Waals surface area contributed by atoms with E-state index in [1.54, 1.807) is 53.7 Å². The molecule has 3 aromatic rings. The van der Waals surface area contributed by atoms with Gasteiger partial charge in [-0.2, -0.15) is 0 Å². The van der Waals surface area contributed by atoms with Gasteiger partial charge in [0.1, 0.15) is 11.4 Å². The predicted octanol–water partition coefficient (Wildman–Crippen LogP) is 7.32. The summed E-state index contributed by atoms with van der Waals surface area (Å²) >= 11 is 7.10. The lowest BCUT2D eigenvalue weighted by Crippen LogP contribution is -2.14. The number of hydrogen-bond acceptors (Lipinski definition) is 5. The van der Waals surface area contributed by atoms with E-state index in [2.05, 4.69) is 17.2 Å². The monoisotopic (exact) mass is 479 g/mol. The third-order valence-electron chi connectivity index (χ3n) is 4.73. The maximum absolute atomic E-state index is 13.6. The molecule has 0 aliphatic heterocycles. The lowest BCUT2D eigenvalue weighted by Gasteiger charge is -2.19. The van der Waals surface area contributed by atoms with Crippen molar-refractivity contribution in [3.63, 3.8) is 0 Å². The number of nitrogens with zero attached hydrogens (tertiary/aromatic N) is 2. The first-order valence-corrected chi connectivity index (χ1v) is 11.5. The van der Waals surface area contributed by atoms with Gasteiger partial charge in [0.25, 0.3) is 12.3 Å². The zero-order chi connectivity index (χ0) is 23.1. The van der Waals surface area contributed by atoms with Crippen LogP contribution < -0.4 is 15.0 Å². The molecule has 0 saturated heterocycles. The number of hydrogen-bond donors (Lipinski definition) is 1. The quantitative estimate of drug-likeness (QED) is 0.309. The highest BCUT2D eigenvalue weighted by atomic mass is 35.5. The van der Waals surface area contributed by atoms with Crippen LogP contribution in [0.2, 0.25) is 5.02 Å². The summed E-state index contributed by atoms with van der Waals surface area (Å²) in [6, 6.07) is 11.4. The first kappa shape index (κ1) is 23.9. The summed E-state index contributed by atoms with van der Waals surface area (Å²) < 4.78 is 32.8. The van der Waals surface area contributed by atoms with Crippen LogP contribution >= 0.6 is 22.9 Å². The van der Waals surface area contributed by atoms with Gasteiger partial charge >= 0.3 is 0 Å². The number of nitrogens with one attached hydrogen (secondary N) is 1. The van der Waals surface area contributed by atoms with Crippen molar-refractivity contribution in [2.75, 3.05) is 23.9 Å². The van der Waals surface area contributed by atoms with Crippen LogP contribution in [-0.2, 0) is 0 Å². The van der Waals surface area contributed by atoms with E-state index in [9.17, 15) is 13.6 Å². The first-order valence-electron chi connectivity index (χ1n) is 10.2. The van der Waals surface area contributed by atoms with Gasteiger partial charge in [-0.3, -0.25) is 4.79 Å². The molecule has 0 atom stereocenters. The molecule has 1 heterocycles. The molecule has 170 valence electrons. The van der Waals surface area contributed by atoms with Crippen LogP contribution in [0.4, 0.5) is 25.3 Å². The van der Waals surface area contributed by atoms with Crippen molar-refractivity contribution in [1.82, 2.24) is 4.98 Å². The van der Waals surface area contributed by atoms with Crippen molar-refractivity contribution in [3.05, 3.63) is 64.1 Å². The van der Waals surface area contributed by atoms with Crippen LogP contribution in [-0.4, -0.2) is 24.5 Å². The molecule has 0 fully saturated rings. The van der Waals surface area contributed by atoms with E-state index in [4.69, 9.17) is 16.3 Å². The Hall–Kier alpha value is -2.71. The minimum atomic E-state index is -2.67. The highest BCUT2D eigenvalue weighted by molar-refractivity contribution is 7.14. The Morgan fingerprint density at radius 2 is 1.97 bits per heavy atom. The van der Waals surface area contributed by atoms with Crippen molar-refractivity contribution < 1.29 is 18.3 Å². The van der Waals surface area contributed by atoms with Gasteiger partial charge in [-0.1, -0.05) is 31.4 Å². The normalized spacial score (nSPS) is 10.9. The summed E-state index contributed by atoms with van der Waals surface area (Å²) in [5.74, 6) is -0.178. The smallest absolute Gasteiger partial charge is 0.275 e. The molecule has 3 rings (SSSR count). The molecule has 1 aromatic heterocycles. The Labute approximate surface area is 195 Å². The first-order chi connectivity index (χ1) is 15.4. The third-order valence-corrected chi connectivity index (χ3v) is 5.90. The van der Waals surface area contributed by atoms with Gasteiger partial charge in [0, 0.05) is 28.8 Å². The average Bonchev–Trinajstić information content (AvgIpc) is 3.28. The van der Waals surface area contributed by atoms with Gasteiger partial charge in [-0.05, 0) is 48.9 Å². The summed E-state index contributed by atoms with van der Waals surface area (Å²) in [6.45, 7) is 2.47. The number of carbonyl (C=O) groups is 1. The van der Waals surface area contributed by atoms with Gasteiger partial charge in [0.2, 0.25) is 0 Å². The second kappa shape index (κ2) is 11.2. The Morgan fingerprint density at radius 1 is 1.22 bits per heavy atom. The Balaban J connectivity index is 1.72. The molecular weight excluding hydrogens is 456 g/mol. The molecule has 9 heteroatoms. The average molecular weight is 480 g/mol. The number of alkyl halides is 2. The van der Waals surface area contributed by atoms with E-state index in [1.807, 2.05) is 0 Å². The molecule has 2 aromatic carbocycles. The second-order valence-corrected chi connectivity index (χ2v) is 8.39. The Kier molecular flexibility index (Phi) is 8.41. The highest BCUT2D eigenvalue weighted by Crippen LogP contribution is 2.35. The number of benzene rings is 2. The van der Waals surface area contributed by atoms with Gasteiger partial charge < -0.3 is 15.0 Å². The summed E-state index contributed by atoms with van der Waals surface area (Å²) in [7, 11) is 1.71. The molecular formula is C23H24ClF2N3O2S. The van der Waals surface area contributed by atoms with Crippen molar-refractivity contribution >= 4 is 45.4 Å². The number of aromatic nitrogens is 1. The lowest BCUT2D eigenvalue weighted by atomic mass is 10.1. The number of unbranched alkanes of at least 4 members (excludes halogenated alkanes) is 2. The van der Waals surface area contributed by atoms with Crippen molar-refractivity contribution in [2.24, 2.45) is 0 Å². The van der Waals surface area contributed by atoms with Crippen molar-refractivity contribution in [3.8, 4) is 5.75 Å². The van der Waals surface area contributed by atoms with Gasteiger partial charge in [-0.25, -0.2) is 13.8 Å². The highest BCUT2D eigenvalue weighted by Gasteiger charge is 2.19. The summed E-state index contributed by atoms with van der Waals surface area (Å²) in [4.78, 5) is 18.5. The molecule has 0 aliphatic carbocycles. The third kappa shape index (κ3) is 6.17. The predicted molar refractivity (Wildman–Crippen MR) is 126 cm³/mol. The van der Waals surface area contributed by atoms with E-state index in [1.165, 1.54) is 17.4 Å². The molecule has 1 amide bonds. The van der Waals surface area contributed by atoms with E-state index in [-0.39, 0.29) is 22.9 Å². The van der Waals surface area contributed by atoms with Gasteiger partial charge in [-0.15, -0.1) is 11.3 Å². The van der Waals surface area contributed by atoms with E-state index in [0.717, 1.165) is 19.3 Å². The molecule has 0 aliphatic rings. The van der Waals surface area contributed by atoms with Crippen LogP contribution in [0.3, 0.4) is 0 Å². The number of rotatable bonds is 10. The van der Waals surface area contributed by atoms with Gasteiger partial charge in [0.15, 0.2) is 5.13 Å². The van der Waals surface area contributed by atoms with Crippen molar-refractivity contribution in [2.45, 2.75) is 32.6 Å². The second-order valence-electron chi connectivity index (χ2n) is 7.11. The zero-order valence-corrected chi connectivity index (χ0v) is 19.4. The largest absolute Gasteiger partial charge is 0.493 e. The standard InChI is InChI=1S/C23H24ClF2N3O2S/c1-3-4-5-12-31-20-11-10-17(13-18(20)21(25)26)29(2)23-28-19(14-32-23)22(30)27-16-8-6-15(24)7-9-16/h6-11,13-14,21H,3-5,12H2,1-2H3,(H,27,30). The summed E-state index contributed by atoms with van der Waals surface area (Å²) in [5, 5.41) is 5.44. The minimum absolute atomic E-state index is 0.164. The molecule has 0 spiro atoms. The summed E-state index contributed by atoms with van der Waals surface area (Å²) in [5.41, 5.74) is 1.19. The van der Waals surface area contributed by atoms with Crippen molar-refractivity contribution in [1.29, 1.82) is 0 Å². The number of amides is 1.